The molecule has 3 aromatic carbocycles. The van der Waals surface area contributed by atoms with Gasteiger partial charge in [-0.05, 0) is 54.1 Å². The molecule has 218 valence electrons. The molecule has 0 saturated carbocycles. The molecule has 4 rings (SSSR count). The second-order valence-corrected chi connectivity index (χ2v) is 9.08. The number of carbonyl (C=O) groups excluding carboxylic acids is 1. The predicted octanol–water partition coefficient (Wildman–Crippen LogP) is 4.10. The molecule has 9 nitrogen and oxygen atoms in total. The van der Waals surface area contributed by atoms with Gasteiger partial charge in [0, 0.05) is 5.56 Å². The molecule has 3 aromatic rings. The number of anilines is 1. The van der Waals surface area contributed by atoms with Crippen LogP contribution in [0.25, 0.3) is 0 Å². The summed E-state index contributed by atoms with van der Waals surface area (Å²) in [4.78, 5) is 20.2. The molecule has 1 amide bonds. The third-order valence-corrected chi connectivity index (χ3v) is 6.09. The van der Waals surface area contributed by atoms with E-state index in [9.17, 15) is 31.1 Å². The average Bonchev–Trinajstić information content (AvgIpc) is 3.28. The molecular formula is C26H19F6N6O3S+. The van der Waals surface area contributed by atoms with E-state index in [2.05, 4.69) is 29.7 Å². The number of aliphatic imine (C=N–C) groups is 1. The van der Waals surface area contributed by atoms with Gasteiger partial charge in [-0.25, -0.2) is 4.99 Å². The van der Waals surface area contributed by atoms with Crippen molar-refractivity contribution in [3.63, 3.8) is 0 Å². The zero-order chi connectivity index (χ0) is 30.3. The first kappa shape index (κ1) is 30.1. The maximum atomic E-state index is 12.8. The summed E-state index contributed by atoms with van der Waals surface area (Å²) >= 11 is 1.01. The highest BCUT2D eigenvalue weighted by atomic mass is 32.2. The van der Waals surface area contributed by atoms with Crippen molar-refractivity contribution in [3.05, 3.63) is 83.9 Å². The first-order valence-electron chi connectivity index (χ1n) is 11.7. The number of thioether (sulfide) groups is 1. The number of hydrogen-bond donors (Lipinski definition) is 2. The molecule has 3 N–H and O–H groups in total. The summed E-state index contributed by atoms with van der Waals surface area (Å²) in [5, 5.41) is 8.05. The first-order chi connectivity index (χ1) is 19.9. The SMILES string of the molecule is NC(=[NH+]C=Nc1ccc(OC(F)(F)F)cc1)c1ccc(/C=N/N=C2\SCC(=O)N2c2ccccc2OC(F)(F)F)cc1. The van der Waals surface area contributed by atoms with Crippen LogP contribution in [0.4, 0.5) is 37.7 Å². The summed E-state index contributed by atoms with van der Waals surface area (Å²) in [6.45, 7) is 0. The summed E-state index contributed by atoms with van der Waals surface area (Å²) < 4.78 is 83.0. The Balaban J connectivity index is 1.40. The molecule has 0 aromatic heterocycles. The second-order valence-electron chi connectivity index (χ2n) is 8.14. The Bertz CT molecular complexity index is 1540. The van der Waals surface area contributed by atoms with Crippen molar-refractivity contribution in [1.82, 2.24) is 0 Å². The van der Waals surface area contributed by atoms with Crippen LogP contribution in [-0.4, -0.2) is 47.9 Å². The van der Waals surface area contributed by atoms with Crippen molar-refractivity contribution in [3.8, 4) is 11.5 Å². The Hall–Kier alpha value is -4.86. The number of halogens is 6. The van der Waals surface area contributed by atoms with E-state index in [0.717, 1.165) is 34.9 Å². The maximum absolute atomic E-state index is 12.8. The van der Waals surface area contributed by atoms with E-state index < -0.39 is 24.4 Å². The topological polar surface area (TPSA) is 116 Å². The normalized spacial score (nSPS) is 15.8. The summed E-state index contributed by atoms with van der Waals surface area (Å²) in [6.07, 6.45) is -7.08. The van der Waals surface area contributed by atoms with E-state index in [1.54, 1.807) is 24.3 Å². The fourth-order valence-electron chi connectivity index (χ4n) is 3.41. The highest BCUT2D eigenvalue weighted by molar-refractivity contribution is 8.15. The number of hydrogen-bond acceptors (Lipinski definition) is 7. The predicted molar refractivity (Wildman–Crippen MR) is 145 cm³/mol. The third kappa shape index (κ3) is 8.57. The van der Waals surface area contributed by atoms with E-state index >= 15 is 0 Å². The number of nitrogens with one attached hydrogen (secondary N) is 1. The minimum absolute atomic E-state index is 0.0351. The van der Waals surface area contributed by atoms with E-state index in [-0.39, 0.29) is 28.2 Å². The van der Waals surface area contributed by atoms with E-state index in [0.29, 0.717) is 16.8 Å². The molecule has 1 aliphatic heterocycles. The van der Waals surface area contributed by atoms with E-state index in [4.69, 9.17) is 5.73 Å². The molecule has 0 unspecified atom stereocenters. The molecule has 0 aliphatic carbocycles. The Morgan fingerprint density at radius 2 is 1.60 bits per heavy atom. The maximum Gasteiger partial charge on any atom is 0.573 e. The number of nitrogens with two attached hydrogens (primary N) is 1. The lowest BCUT2D eigenvalue weighted by Crippen LogP contribution is -2.74. The number of ether oxygens (including phenoxy) is 2. The zero-order valence-corrected chi connectivity index (χ0v) is 21.9. The fraction of sp³-hybridized carbons (Fsp3) is 0.115. The zero-order valence-electron chi connectivity index (χ0n) is 21.1. The van der Waals surface area contributed by atoms with Crippen LogP contribution in [0.3, 0.4) is 0 Å². The highest BCUT2D eigenvalue weighted by Crippen LogP contribution is 2.36. The van der Waals surface area contributed by atoms with Crippen molar-refractivity contribution < 1.29 is 45.6 Å². The van der Waals surface area contributed by atoms with Crippen LogP contribution in [-0.2, 0) is 4.79 Å². The van der Waals surface area contributed by atoms with Crippen molar-refractivity contribution in [2.45, 2.75) is 12.7 Å². The number of para-hydroxylation sites is 2. The molecule has 0 spiro atoms. The van der Waals surface area contributed by atoms with Crippen LogP contribution in [0.15, 0.2) is 88.0 Å². The minimum atomic E-state index is -4.94. The first-order valence-corrected chi connectivity index (χ1v) is 12.7. The number of benzene rings is 3. The highest BCUT2D eigenvalue weighted by Gasteiger charge is 2.36. The van der Waals surface area contributed by atoms with E-state index in [1.165, 1.54) is 42.9 Å². The number of rotatable bonds is 8. The standard InChI is InChI=1S/C26H18F6N6O3S/c27-25(28,29)40-19-11-9-18(10-12-19)34-15-35-23(33)17-7-5-16(6-8-17)13-36-37-24-38(22(39)14-42-24)20-3-1-2-4-21(20)41-26(30,31)32/h1-13,15H,14H2,(H2,33,34,35)/p+1/b36-13+,37-24-. The lowest BCUT2D eigenvalue weighted by molar-refractivity contribution is -0.304. The minimum Gasteiger partial charge on any atom is -0.406 e. The number of amides is 1. The van der Waals surface area contributed by atoms with Gasteiger partial charge in [-0.2, -0.15) is 5.10 Å². The largest absolute Gasteiger partial charge is 0.573 e. The number of amidine groups is 2. The third-order valence-electron chi connectivity index (χ3n) is 5.17. The summed E-state index contributed by atoms with van der Waals surface area (Å²) in [7, 11) is 0. The van der Waals surface area contributed by atoms with E-state index in [1.807, 2.05) is 0 Å². The smallest absolute Gasteiger partial charge is 0.406 e. The van der Waals surface area contributed by atoms with Crippen LogP contribution in [0, 0.1) is 0 Å². The summed E-state index contributed by atoms with van der Waals surface area (Å²) in [5.41, 5.74) is 7.45. The number of nitrogens with zero attached hydrogens (tertiary/aromatic N) is 4. The number of nitrogen functional groups attached to an aromatic ring is 1. The molecule has 0 bridgehead atoms. The van der Waals surface area contributed by atoms with Gasteiger partial charge < -0.3 is 15.2 Å². The molecule has 0 atom stereocenters. The van der Waals surface area contributed by atoms with Gasteiger partial charge in [0.25, 0.3) is 0 Å². The van der Waals surface area contributed by atoms with Gasteiger partial charge in [-0.1, -0.05) is 36.0 Å². The molecule has 1 saturated heterocycles. The Morgan fingerprint density at radius 3 is 2.26 bits per heavy atom. The molecule has 0 radical (unpaired) electrons. The molecule has 1 fully saturated rings. The number of alkyl halides is 6. The van der Waals surface area contributed by atoms with Gasteiger partial charge in [-0.3, -0.25) is 9.69 Å². The lowest BCUT2D eigenvalue weighted by Gasteiger charge is -2.19. The Kier molecular flexibility index (Phi) is 9.15. The van der Waals surface area contributed by atoms with Crippen molar-refractivity contribution >= 4 is 52.6 Å². The molecule has 42 heavy (non-hydrogen) atoms. The Morgan fingerprint density at radius 1 is 0.929 bits per heavy atom. The molecule has 16 heteroatoms. The molecule has 1 aliphatic rings. The summed E-state index contributed by atoms with van der Waals surface area (Å²) in [5.74, 6) is -1.20. The van der Waals surface area contributed by atoms with Crippen LogP contribution in [0.5, 0.6) is 11.5 Å². The van der Waals surface area contributed by atoms with Crippen molar-refractivity contribution in [2.75, 3.05) is 10.7 Å². The molecular weight excluding hydrogens is 590 g/mol. The molecule has 1 heterocycles. The van der Waals surface area contributed by atoms with Gasteiger partial charge in [0.15, 0.2) is 10.9 Å². The van der Waals surface area contributed by atoms with Crippen LogP contribution >= 0.6 is 11.8 Å². The second kappa shape index (κ2) is 12.8. The van der Waals surface area contributed by atoms with Crippen molar-refractivity contribution in [1.29, 1.82) is 0 Å². The quantitative estimate of drug-likeness (QED) is 0.173. The number of carbonyl (C=O) groups is 1. The van der Waals surface area contributed by atoms with Crippen LogP contribution in [0.1, 0.15) is 11.1 Å². The average molecular weight is 610 g/mol. The van der Waals surface area contributed by atoms with Crippen LogP contribution in [0.2, 0.25) is 0 Å². The Labute approximate surface area is 238 Å². The lowest BCUT2D eigenvalue weighted by atomic mass is 10.1. The summed E-state index contributed by atoms with van der Waals surface area (Å²) in [6, 6.07) is 16.8. The van der Waals surface area contributed by atoms with Gasteiger partial charge >= 0.3 is 12.7 Å². The van der Waals surface area contributed by atoms with Crippen molar-refractivity contribution in [2.24, 2.45) is 20.9 Å². The van der Waals surface area contributed by atoms with Crippen LogP contribution < -0.4 is 25.1 Å². The monoisotopic (exact) mass is 609 g/mol. The van der Waals surface area contributed by atoms with Gasteiger partial charge in [-0.15, -0.1) is 36.4 Å². The van der Waals surface area contributed by atoms with Gasteiger partial charge in [0.05, 0.1) is 17.7 Å². The fourth-order valence-corrected chi connectivity index (χ4v) is 4.23. The van der Waals surface area contributed by atoms with Gasteiger partial charge in [0.1, 0.15) is 11.4 Å². The van der Waals surface area contributed by atoms with Gasteiger partial charge in [0.2, 0.25) is 18.1 Å².